The van der Waals surface area contributed by atoms with Crippen molar-refractivity contribution in [3.05, 3.63) is 29.8 Å². The quantitative estimate of drug-likeness (QED) is 0.817. The Morgan fingerprint density at radius 1 is 1.31 bits per heavy atom. The molecule has 0 heterocycles. The van der Waals surface area contributed by atoms with E-state index in [4.69, 9.17) is 0 Å². The van der Waals surface area contributed by atoms with Crippen LogP contribution in [0.5, 0.6) is 0 Å². The summed E-state index contributed by atoms with van der Waals surface area (Å²) in [5, 5.41) is 2.98. The molecule has 1 rings (SSSR count). The molecule has 1 aromatic rings. The molecular weight excluding hydrogens is 218 g/mol. The van der Waals surface area contributed by atoms with E-state index in [0.717, 1.165) is 16.2 Å². The molecule has 2 nitrogen and oxygen atoms in total. The average molecular weight is 237 g/mol. The van der Waals surface area contributed by atoms with Crippen molar-refractivity contribution in [2.75, 3.05) is 5.75 Å². The van der Waals surface area contributed by atoms with Gasteiger partial charge in [0.05, 0.1) is 5.56 Å². The largest absolute Gasteiger partial charge is 0.347 e. The number of thioether (sulfide) groups is 1. The third-order valence-electron chi connectivity index (χ3n) is 1.92. The molecule has 0 aromatic heterocycles. The van der Waals surface area contributed by atoms with Gasteiger partial charge in [0, 0.05) is 10.4 Å². The summed E-state index contributed by atoms with van der Waals surface area (Å²) in [6.45, 7) is 8.05. The SMILES string of the molecule is CCSc1ccccc1C(=O)NC(C)(C)C. The van der Waals surface area contributed by atoms with Crippen LogP contribution in [0.25, 0.3) is 0 Å². The van der Waals surface area contributed by atoms with Crippen molar-refractivity contribution < 1.29 is 4.79 Å². The molecule has 1 N–H and O–H groups in total. The van der Waals surface area contributed by atoms with Gasteiger partial charge in [0.15, 0.2) is 0 Å². The first-order valence-corrected chi connectivity index (χ1v) is 6.47. The summed E-state index contributed by atoms with van der Waals surface area (Å²) in [4.78, 5) is 13.1. The second kappa shape index (κ2) is 5.39. The van der Waals surface area contributed by atoms with Crippen molar-refractivity contribution in [3.63, 3.8) is 0 Å². The number of hydrogen-bond acceptors (Lipinski definition) is 2. The summed E-state index contributed by atoms with van der Waals surface area (Å²) < 4.78 is 0. The number of nitrogens with one attached hydrogen (secondary N) is 1. The van der Waals surface area contributed by atoms with Crippen molar-refractivity contribution >= 4 is 17.7 Å². The van der Waals surface area contributed by atoms with Gasteiger partial charge in [-0.1, -0.05) is 19.1 Å². The van der Waals surface area contributed by atoms with Gasteiger partial charge in [-0.2, -0.15) is 0 Å². The number of benzene rings is 1. The van der Waals surface area contributed by atoms with E-state index in [1.54, 1.807) is 11.8 Å². The van der Waals surface area contributed by atoms with Crippen molar-refractivity contribution in [2.24, 2.45) is 0 Å². The van der Waals surface area contributed by atoms with Crippen LogP contribution < -0.4 is 5.32 Å². The van der Waals surface area contributed by atoms with Crippen LogP contribution in [0.15, 0.2) is 29.2 Å². The summed E-state index contributed by atoms with van der Waals surface area (Å²) >= 11 is 1.70. The van der Waals surface area contributed by atoms with Gasteiger partial charge >= 0.3 is 0 Å². The molecule has 0 fully saturated rings. The summed E-state index contributed by atoms with van der Waals surface area (Å²) in [6, 6.07) is 7.73. The highest BCUT2D eigenvalue weighted by Crippen LogP contribution is 2.22. The Hall–Kier alpha value is -0.960. The molecule has 0 bridgehead atoms. The first-order chi connectivity index (χ1) is 7.44. The molecule has 0 saturated carbocycles. The molecule has 88 valence electrons. The Bertz CT molecular complexity index is 368. The van der Waals surface area contributed by atoms with Crippen LogP contribution in [0, 0.1) is 0 Å². The van der Waals surface area contributed by atoms with E-state index in [-0.39, 0.29) is 11.4 Å². The van der Waals surface area contributed by atoms with Crippen LogP contribution in [0.2, 0.25) is 0 Å². The Morgan fingerprint density at radius 3 is 2.50 bits per heavy atom. The monoisotopic (exact) mass is 237 g/mol. The van der Waals surface area contributed by atoms with Crippen LogP contribution in [0.4, 0.5) is 0 Å². The molecule has 0 saturated heterocycles. The fourth-order valence-corrected chi connectivity index (χ4v) is 2.15. The predicted octanol–water partition coefficient (Wildman–Crippen LogP) is 3.33. The fourth-order valence-electron chi connectivity index (χ4n) is 1.34. The highest BCUT2D eigenvalue weighted by molar-refractivity contribution is 7.99. The van der Waals surface area contributed by atoms with E-state index in [0.29, 0.717) is 0 Å². The lowest BCUT2D eigenvalue weighted by Gasteiger charge is -2.21. The second-order valence-corrected chi connectivity index (χ2v) is 5.94. The zero-order valence-corrected chi connectivity index (χ0v) is 11.1. The maximum absolute atomic E-state index is 12.0. The van der Waals surface area contributed by atoms with E-state index in [1.165, 1.54) is 0 Å². The van der Waals surface area contributed by atoms with Crippen LogP contribution >= 0.6 is 11.8 Å². The van der Waals surface area contributed by atoms with Gasteiger partial charge in [-0.05, 0) is 38.7 Å². The van der Waals surface area contributed by atoms with E-state index >= 15 is 0 Å². The Labute approximate surface area is 102 Å². The third-order valence-corrected chi connectivity index (χ3v) is 2.88. The lowest BCUT2D eigenvalue weighted by molar-refractivity contribution is 0.0916. The van der Waals surface area contributed by atoms with Crippen LogP contribution in [-0.4, -0.2) is 17.2 Å². The minimum atomic E-state index is -0.193. The van der Waals surface area contributed by atoms with E-state index in [1.807, 2.05) is 45.0 Å². The average Bonchev–Trinajstić information content (AvgIpc) is 2.16. The van der Waals surface area contributed by atoms with Crippen LogP contribution in [-0.2, 0) is 0 Å². The summed E-state index contributed by atoms with van der Waals surface area (Å²) in [5.74, 6) is 0.976. The fraction of sp³-hybridized carbons (Fsp3) is 0.462. The number of rotatable bonds is 3. The van der Waals surface area contributed by atoms with Crippen LogP contribution in [0.3, 0.4) is 0 Å². The van der Waals surface area contributed by atoms with Gasteiger partial charge in [-0.3, -0.25) is 4.79 Å². The molecule has 1 amide bonds. The lowest BCUT2D eigenvalue weighted by Crippen LogP contribution is -2.40. The van der Waals surface area contributed by atoms with E-state index in [2.05, 4.69) is 12.2 Å². The maximum atomic E-state index is 12.0. The number of hydrogen-bond donors (Lipinski definition) is 1. The molecule has 0 spiro atoms. The Kier molecular flexibility index (Phi) is 4.42. The molecule has 0 aliphatic rings. The molecule has 0 atom stereocenters. The maximum Gasteiger partial charge on any atom is 0.252 e. The number of carbonyl (C=O) groups is 1. The molecule has 0 aliphatic heterocycles. The van der Waals surface area contributed by atoms with Crippen molar-refractivity contribution in [2.45, 2.75) is 38.1 Å². The molecule has 0 aliphatic carbocycles. The molecule has 0 unspecified atom stereocenters. The number of carbonyl (C=O) groups excluding carboxylic acids is 1. The normalized spacial score (nSPS) is 11.2. The molecular formula is C13H19NOS. The van der Waals surface area contributed by atoms with Gasteiger partial charge in [-0.25, -0.2) is 0 Å². The van der Waals surface area contributed by atoms with E-state index in [9.17, 15) is 4.79 Å². The van der Waals surface area contributed by atoms with Crippen LogP contribution in [0.1, 0.15) is 38.1 Å². The molecule has 0 radical (unpaired) electrons. The first kappa shape index (κ1) is 13.1. The van der Waals surface area contributed by atoms with Gasteiger partial charge in [0.25, 0.3) is 5.91 Å². The second-order valence-electron chi connectivity index (χ2n) is 4.63. The Morgan fingerprint density at radius 2 is 1.94 bits per heavy atom. The number of amides is 1. The Balaban J connectivity index is 2.90. The van der Waals surface area contributed by atoms with Crippen molar-refractivity contribution in [1.29, 1.82) is 0 Å². The molecule has 16 heavy (non-hydrogen) atoms. The predicted molar refractivity (Wildman–Crippen MR) is 70.1 cm³/mol. The minimum absolute atomic E-state index is 0.00375. The van der Waals surface area contributed by atoms with E-state index < -0.39 is 0 Å². The summed E-state index contributed by atoms with van der Waals surface area (Å²) in [6.07, 6.45) is 0. The minimum Gasteiger partial charge on any atom is -0.347 e. The summed E-state index contributed by atoms with van der Waals surface area (Å²) in [5.41, 5.74) is 0.574. The van der Waals surface area contributed by atoms with Gasteiger partial charge in [0.2, 0.25) is 0 Å². The smallest absolute Gasteiger partial charge is 0.252 e. The topological polar surface area (TPSA) is 29.1 Å². The third kappa shape index (κ3) is 3.89. The zero-order valence-electron chi connectivity index (χ0n) is 10.3. The standard InChI is InChI=1S/C13H19NOS/c1-5-16-11-9-7-6-8-10(11)12(15)14-13(2,3)4/h6-9H,5H2,1-4H3,(H,14,15). The molecule has 1 aromatic carbocycles. The lowest BCUT2D eigenvalue weighted by atomic mass is 10.1. The van der Waals surface area contributed by atoms with Gasteiger partial charge in [-0.15, -0.1) is 11.8 Å². The zero-order chi connectivity index (χ0) is 12.2. The highest BCUT2D eigenvalue weighted by Gasteiger charge is 2.17. The van der Waals surface area contributed by atoms with Gasteiger partial charge < -0.3 is 5.32 Å². The van der Waals surface area contributed by atoms with Crippen molar-refractivity contribution in [1.82, 2.24) is 5.32 Å². The summed E-state index contributed by atoms with van der Waals surface area (Å²) in [7, 11) is 0. The highest BCUT2D eigenvalue weighted by atomic mass is 32.2. The molecule has 3 heteroatoms. The van der Waals surface area contributed by atoms with Crippen molar-refractivity contribution in [3.8, 4) is 0 Å². The van der Waals surface area contributed by atoms with Gasteiger partial charge in [0.1, 0.15) is 0 Å². The first-order valence-electron chi connectivity index (χ1n) is 5.48.